The minimum atomic E-state index is -0.575. The zero-order chi connectivity index (χ0) is 17.8. The lowest BCUT2D eigenvalue weighted by Crippen LogP contribution is -2.48. The van der Waals surface area contributed by atoms with Gasteiger partial charge in [-0.25, -0.2) is 9.59 Å². The minimum absolute atomic E-state index is 0.242. The van der Waals surface area contributed by atoms with Crippen LogP contribution in [0.4, 0.5) is 9.59 Å². The van der Waals surface area contributed by atoms with Gasteiger partial charge in [0.1, 0.15) is 11.2 Å². The smallest absolute Gasteiger partial charge is 0.410 e. The van der Waals surface area contributed by atoms with E-state index in [4.69, 9.17) is 15.9 Å². The second-order valence-electron chi connectivity index (χ2n) is 7.69. The van der Waals surface area contributed by atoms with Gasteiger partial charge < -0.3 is 19.7 Å². The summed E-state index contributed by atoms with van der Waals surface area (Å²) < 4.78 is 10.7. The standard InChI is InChI=1S/C17H28N2O4/c1-8-9-13-12(18-14(20)22-16(2,3)4)10-11-19(13)15(21)23-17(5,6)7/h1,12-13H,9-11H2,2-7H3,(H,18,20). The molecular weight excluding hydrogens is 296 g/mol. The molecule has 1 rings (SSSR count). The average Bonchev–Trinajstić information content (AvgIpc) is 2.68. The third-order valence-corrected chi connectivity index (χ3v) is 3.20. The lowest BCUT2D eigenvalue weighted by molar-refractivity contribution is 0.0206. The van der Waals surface area contributed by atoms with Crippen molar-refractivity contribution in [2.45, 2.75) is 77.7 Å². The van der Waals surface area contributed by atoms with Gasteiger partial charge in [-0.3, -0.25) is 0 Å². The predicted molar refractivity (Wildman–Crippen MR) is 88.0 cm³/mol. The Labute approximate surface area is 138 Å². The molecule has 6 heteroatoms. The topological polar surface area (TPSA) is 67.9 Å². The van der Waals surface area contributed by atoms with Gasteiger partial charge in [-0.2, -0.15) is 0 Å². The molecule has 130 valence electrons. The predicted octanol–water partition coefficient (Wildman–Crippen LogP) is 2.91. The van der Waals surface area contributed by atoms with Crippen LogP contribution in [0.1, 0.15) is 54.4 Å². The number of alkyl carbamates (subject to hydrolysis) is 1. The van der Waals surface area contributed by atoms with Crippen LogP contribution < -0.4 is 5.32 Å². The Morgan fingerprint density at radius 1 is 1.17 bits per heavy atom. The zero-order valence-corrected chi connectivity index (χ0v) is 14.9. The van der Waals surface area contributed by atoms with E-state index in [9.17, 15) is 9.59 Å². The summed E-state index contributed by atoms with van der Waals surface area (Å²) in [4.78, 5) is 25.8. The van der Waals surface area contributed by atoms with Crippen LogP contribution >= 0.6 is 0 Å². The van der Waals surface area contributed by atoms with Gasteiger partial charge in [-0.05, 0) is 48.0 Å². The van der Waals surface area contributed by atoms with Crippen LogP contribution in [-0.2, 0) is 9.47 Å². The van der Waals surface area contributed by atoms with Gasteiger partial charge in [0.15, 0.2) is 0 Å². The number of hydrogen-bond donors (Lipinski definition) is 1. The van der Waals surface area contributed by atoms with Crippen LogP contribution in [0.25, 0.3) is 0 Å². The van der Waals surface area contributed by atoms with E-state index in [2.05, 4.69) is 11.2 Å². The fourth-order valence-corrected chi connectivity index (χ4v) is 2.40. The van der Waals surface area contributed by atoms with Crippen LogP contribution in [0.3, 0.4) is 0 Å². The number of likely N-dealkylation sites (tertiary alicyclic amines) is 1. The van der Waals surface area contributed by atoms with Gasteiger partial charge in [0.05, 0.1) is 12.1 Å². The number of nitrogens with zero attached hydrogens (tertiary/aromatic N) is 1. The van der Waals surface area contributed by atoms with Crippen molar-refractivity contribution in [1.29, 1.82) is 0 Å². The number of nitrogens with one attached hydrogen (secondary N) is 1. The molecule has 0 saturated carbocycles. The van der Waals surface area contributed by atoms with Crippen molar-refractivity contribution in [2.24, 2.45) is 0 Å². The first-order valence-electron chi connectivity index (χ1n) is 7.85. The lowest BCUT2D eigenvalue weighted by Gasteiger charge is -2.30. The summed E-state index contributed by atoms with van der Waals surface area (Å²) in [6.07, 6.45) is 5.47. The van der Waals surface area contributed by atoms with Crippen molar-refractivity contribution in [1.82, 2.24) is 10.2 Å². The largest absolute Gasteiger partial charge is 0.444 e. The van der Waals surface area contributed by atoms with E-state index in [-0.39, 0.29) is 12.1 Å². The van der Waals surface area contributed by atoms with Crippen molar-refractivity contribution in [3.63, 3.8) is 0 Å². The quantitative estimate of drug-likeness (QED) is 0.793. The number of amides is 2. The van der Waals surface area contributed by atoms with Gasteiger partial charge in [0.2, 0.25) is 0 Å². The van der Waals surface area contributed by atoms with Crippen LogP contribution in [0.2, 0.25) is 0 Å². The van der Waals surface area contributed by atoms with Gasteiger partial charge in [0, 0.05) is 13.0 Å². The molecule has 6 nitrogen and oxygen atoms in total. The molecule has 0 bridgehead atoms. The van der Waals surface area contributed by atoms with Gasteiger partial charge in [-0.15, -0.1) is 12.3 Å². The summed E-state index contributed by atoms with van der Waals surface area (Å²) in [6.45, 7) is 11.3. The Hall–Kier alpha value is -1.90. The molecule has 0 aromatic carbocycles. The number of carbonyl (C=O) groups is 2. The van der Waals surface area contributed by atoms with E-state index < -0.39 is 23.4 Å². The Morgan fingerprint density at radius 2 is 1.74 bits per heavy atom. The first-order chi connectivity index (χ1) is 10.4. The fourth-order valence-electron chi connectivity index (χ4n) is 2.40. The lowest BCUT2D eigenvalue weighted by atomic mass is 10.1. The molecule has 1 aliphatic rings. The highest BCUT2D eigenvalue weighted by molar-refractivity contribution is 5.71. The Bertz CT molecular complexity index is 482. The molecule has 0 spiro atoms. The van der Waals surface area contributed by atoms with Crippen molar-refractivity contribution in [3.05, 3.63) is 0 Å². The van der Waals surface area contributed by atoms with Gasteiger partial charge in [0.25, 0.3) is 0 Å². The van der Waals surface area contributed by atoms with E-state index in [1.54, 1.807) is 25.7 Å². The SMILES string of the molecule is C#CCC1C(NC(=O)OC(C)(C)C)CCN1C(=O)OC(C)(C)C. The van der Waals surface area contributed by atoms with Crippen LogP contribution in [0.5, 0.6) is 0 Å². The van der Waals surface area contributed by atoms with Crippen molar-refractivity contribution >= 4 is 12.2 Å². The number of rotatable bonds is 2. The molecule has 2 unspecified atom stereocenters. The Balaban J connectivity index is 2.74. The van der Waals surface area contributed by atoms with Crippen molar-refractivity contribution in [2.75, 3.05) is 6.54 Å². The van der Waals surface area contributed by atoms with E-state index in [1.807, 2.05) is 20.8 Å². The molecule has 1 saturated heterocycles. The van der Waals surface area contributed by atoms with Gasteiger partial charge in [-0.1, -0.05) is 0 Å². The first kappa shape index (κ1) is 19.1. The monoisotopic (exact) mass is 324 g/mol. The fraction of sp³-hybridized carbons (Fsp3) is 0.765. The molecule has 1 N–H and O–H groups in total. The zero-order valence-electron chi connectivity index (χ0n) is 14.9. The Morgan fingerprint density at radius 3 is 2.22 bits per heavy atom. The minimum Gasteiger partial charge on any atom is -0.444 e. The van der Waals surface area contributed by atoms with E-state index in [1.165, 1.54) is 0 Å². The van der Waals surface area contributed by atoms with Crippen LogP contribution in [-0.4, -0.2) is 46.9 Å². The van der Waals surface area contributed by atoms with Gasteiger partial charge >= 0.3 is 12.2 Å². The molecule has 1 heterocycles. The molecule has 0 aromatic heterocycles. The third-order valence-electron chi connectivity index (χ3n) is 3.20. The highest BCUT2D eigenvalue weighted by Gasteiger charge is 2.39. The summed E-state index contributed by atoms with van der Waals surface area (Å²) in [5, 5.41) is 2.81. The normalized spacial score (nSPS) is 21.5. The number of carbonyl (C=O) groups excluding carboxylic acids is 2. The van der Waals surface area contributed by atoms with E-state index in [0.29, 0.717) is 19.4 Å². The molecule has 2 amide bonds. The number of ether oxygens (including phenoxy) is 2. The third kappa shape index (κ3) is 6.39. The van der Waals surface area contributed by atoms with Crippen molar-refractivity contribution in [3.8, 4) is 12.3 Å². The average molecular weight is 324 g/mol. The maximum Gasteiger partial charge on any atom is 0.410 e. The molecule has 1 aliphatic heterocycles. The summed E-state index contributed by atoms with van der Waals surface area (Å²) in [5.74, 6) is 2.57. The summed E-state index contributed by atoms with van der Waals surface area (Å²) in [6, 6.07) is -0.532. The second kappa shape index (κ2) is 7.12. The number of hydrogen-bond acceptors (Lipinski definition) is 4. The summed E-state index contributed by atoms with van der Waals surface area (Å²) >= 11 is 0. The molecular formula is C17H28N2O4. The van der Waals surface area contributed by atoms with E-state index in [0.717, 1.165) is 0 Å². The molecule has 0 aliphatic carbocycles. The summed E-state index contributed by atoms with van der Waals surface area (Å²) in [5.41, 5.74) is -1.15. The van der Waals surface area contributed by atoms with E-state index >= 15 is 0 Å². The highest BCUT2D eigenvalue weighted by Crippen LogP contribution is 2.24. The summed E-state index contributed by atoms with van der Waals surface area (Å²) in [7, 11) is 0. The van der Waals surface area contributed by atoms with Crippen LogP contribution in [0, 0.1) is 12.3 Å². The molecule has 0 aromatic rings. The molecule has 23 heavy (non-hydrogen) atoms. The maximum atomic E-state index is 12.3. The molecule has 1 fully saturated rings. The first-order valence-corrected chi connectivity index (χ1v) is 7.85. The number of terminal acetylenes is 1. The molecule has 0 radical (unpaired) electrons. The highest BCUT2D eigenvalue weighted by atomic mass is 16.6. The maximum absolute atomic E-state index is 12.3. The van der Waals surface area contributed by atoms with Crippen LogP contribution in [0.15, 0.2) is 0 Å². The van der Waals surface area contributed by atoms with Crippen molar-refractivity contribution < 1.29 is 19.1 Å². The Kier molecular flexibility index (Phi) is 5.92. The molecule has 2 atom stereocenters. The second-order valence-corrected chi connectivity index (χ2v) is 7.69.